The number of ether oxygens (including phenoxy) is 2. The molecule has 0 radical (unpaired) electrons. The quantitative estimate of drug-likeness (QED) is 0.627. The van der Waals surface area contributed by atoms with Crippen LogP contribution < -0.4 is 0 Å². The Morgan fingerprint density at radius 1 is 1.21 bits per heavy atom. The third-order valence-electron chi connectivity index (χ3n) is 6.26. The molecule has 4 nitrogen and oxygen atoms in total. The van der Waals surface area contributed by atoms with E-state index in [4.69, 9.17) is 9.47 Å². The van der Waals surface area contributed by atoms with Crippen molar-refractivity contribution in [2.45, 2.75) is 45.6 Å². The predicted molar refractivity (Wildman–Crippen MR) is 66.0 cm³/mol. The van der Waals surface area contributed by atoms with Crippen molar-refractivity contribution >= 4 is 11.9 Å². The Morgan fingerprint density at radius 3 is 2.79 bits per heavy atom. The van der Waals surface area contributed by atoms with Crippen molar-refractivity contribution < 1.29 is 19.1 Å². The smallest absolute Gasteiger partial charge is 0.313 e. The summed E-state index contributed by atoms with van der Waals surface area (Å²) in [7, 11) is 0. The van der Waals surface area contributed by atoms with Crippen LogP contribution in [0.5, 0.6) is 0 Å². The molecule has 2 aliphatic carbocycles. The molecule has 3 saturated heterocycles. The third-order valence-corrected chi connectivity index (χ3v) is 6.26. The second-order valence-corrected chi connectivity index (χ2v) is 7.38. The van der Waals surface area contributed by atoms with Crippen LogP contribution in [0.2, 0.25) is 0 Å². The molecule has 0 amide bonds. The predicted octanol–water partition coefficient (Wildman–Crippen LogP) is 1.92. The van der Waals surface area contributed by atoms with Crippen molar-refractivity contribution in [3.05, 3.63) is 0 Å². The third kappa shape index (κ3) is 1.21. The fraction of sp³-hybridized carbons (Fsp3) is 0.867. The zero-order chi connectivity index (χ0) is 13.4. The van der Waals surface area contributed by atoms with E-state index in [1.165, 1.54) is 0 Å². The van der Waals surface area contributed by atoms with Crippen LogP contribution in [0, 0.1) is 28.6 Å². The summed E-state index contributed by atoms with van der Waals surface area (Å²) in [5, 5.41) is 0. The molecule has 19 heavy (non-hydrogen) atoms. The Kier molecular flexibility index (Phi) is 2.06. The number of hydrogen-bond acceptors (Lipinski definition) is 4. The van der Waals surface area contributed by atoms with Crippen LogP contribution in [0.3, 0.4) is 0 Å². The lowest BCUT2D eigenvalue weighted by Crippen LogP contribution is -2.66. The van der Waals surface area contributed by atoms with E-state index < -0.39 is 5.41 Å². The maximum absolute atomic E-state index is 12.6. The number of rotatable bonds is 0. The topological polar surface area (TPSA) is 52.6 Å². The van der Waals surface area contributed by atoms with Crippen LogP contribution in [0.4, 0.5) is 0 Å². The summed E-state index contributed by atoms with van der Waals surface area (Å²) >= 11 is 0. The van der Waals surface area contributed by atoms with Gasteiger partial charge in [0.25, 0.3) is 0 Å². The van der Waals surface area contributed by atoms with Crippen LogP contribution in [0.1, 0.15) is 39.5 Å². The summed E-state index contributed by atoms with van der Waals surface area (Å²) < 4.78 is 10.9. The van der Waals surface area contributed by atoms with Crippen molar-refractivity contribution in [2.24, 2.45) is 28.6 Å². The van der Waals surface area contributed by atoms with Crippen LogP contribution in [-0.2, 0) is 19.1 Å². The van der Waals surface area contributed by atoms with Gasteiger partial charge >= 0.3 is 11.9 Å². The van der Waals surface area contributed by atoms with Crippen molar-refractivity contribution in [1.29, 1.82) is 0 Å². The van der Waals surface area contributed by atoms with Crippen LogP contribution in [-0.4, -0.2) is 24.6 Å². The van der Waals surface area contributed by atoms with Gasteiger partial charge in [-0.3, -0.25) is 9.59 Å². The summed E-state index contributed by atoms with van der Waals surface area (Å²) in [5.41, 5.74) is -0.292. The minimum atomic E-state index is -0.451. The lowest BCUT2D eigenvalue weighted by atomic mass is 9.44. The van der Waals surface area contributed by atoms with E-state index in [0.717, 1.165) is 25.7 Å². The van der Waals surface area contributed by atoms with Gasteiger partial charge < -0.3 is 9.47 Å². The van der Waals surface area contributed by atoms with E-state index in [9.17, 15) is 9.59 Å². The fourth-order valence-electron chi connectivity index (χ4n) is 5.41. The van der Waals surface area contributed by atoms with Gasteiger partial charge in [-0.2, -0.15) is 0 Å². The van der Waals surface area contributed by atoms with Gasteiger partial charge in [-0.1, -0.05) is 20.3 Å². The van der Waals surface area contributed by atoms with Gasteiger partial charge in [0.15, 0.2) is 0 Å². The lowest BCUT2D eigenvalue weighted by Gasteiger charge is -2.61. The van der Waals surface area contributed by atoms with Crippen LogP contribution >= 0.6 is 0 Å². The van der Waals surface area contributed by atoms with Gasteiger partial charge in [0.1, 0.15) is 12.0 Å². The summed E-state index contributed by atoms with van der Waals surface area (Å²) in [4.78, 5) is 24.5. The zero-order valence-corrected chi connectivity index (χ0v) is 11.5. The molecule has 5 atom stereocenters. The average molecular weight is 264 g/mol. The van der Waals surface area contributed by atoms with Crippen LogP contribution in [0.25, 0.3) is 0 Å². The van der Waals surface area contributed by atoms with E-state index in [1.807, 2.05) is 0 Å². The van der Waals surface area contributed by atoms with E-state index in [2.05, 4.69) is 13.8 Å². The first kappa shape index (κ1) is 11.7. The first-order chi connectivity index (χ1) is 8.97. The van der Waals surface area contributed by atoms with Crippen LogP contribution in [0.15, 0.2) is 0 Å². The minimum Gasteiger partial charge on any atom is -0.465 e. The average Bonchev–Trinajstić information content (AvgIpc) is 2.74. The number of hydrogen-bond donors (Lipinski definition) is 0. The number of cyclic esters (lactones) is 1. The molecule has 2 bridgehead atoms. The van der Waals surface area contributed by atoms with Crippen molar-refractivity contribution in [1.82, 2.24) is 0 Å². The SMILES string of the molecule is CC1(C)CCC[C@@]23C(=O)O[C@@H](C[C@@H]12)[C@@H]1C(=O)OC[C@@H]13. The number of carbonyl (C=O) groups excluding carboxylic acids is 2. The molecule has 4 heteroatoms. The Morgan fingerprint density at radius 2 is 2.00 bits per heavy atom. The highest BCUT2D eigenvalue weighted by molar-refractivity contribution is 5.86. The second kappa shape index (κ2) is 3.33. The lowest BCUT2D eigenvalue weighted by molar-refractivity contribution is -0.233. The molecule has 104 valence electrons. The van der Waals surface area contributed by atoms with Gasteiger partial charge in [0, 0.05) is 5.92 Å². The zero-order valence-electron chi connectivity index (χ0n) is 11.5. The molecule has 5 rings (SSSR count). The molecular weight excluding hydrogens is 244 g/mol. The molecule has 2 saturated carbocycles. The van der Waals surface area contributed by atoms with Gasteiger partial charge in [0.05, 0.1) is 12.0 Å². The number of esters is 2. The van der Waals surface area contributed by atoms with E-state index in [1.54, 1.807) is 0 Å². The van der Waals surface area contributed by atoms with Crippen molar-refractivity contribution in [3.8, 4) is 0 Å². The Labute approximate surface area is 112 Å². The summed E-state index contributed by atoms with van der Waals surface area (Å²) in [5.74, 6) is 0.00737. The second-order valence-electron chi connectivity index (χ2n) is 7.38. The molecular formula is C15H20O4. The van der Waals surface area contributed by atoms with Gasteiger partial charge in [0.2, 0.25) is 0 Å². The Bertz CT molecular complexity index is 469. The van der Waals surface area contributed by atoms with Crippen molar-refractivity contribution in [3.63, 3.8) is 0 Å². The molecule has 0 N–H and O–H groups in total. The summed E-state index contributed by atoms with van der Waals surface area (Å²) in [6.07, 6.45) is 3.67. The minimum absolute atomic E-state index is 0.0546. The Hall–Kier alpha value is -1.06. The first-order valence-electron chi connectivity index (χ1n) is 7.34. The number of carbonyl (C=O) groups is 2. The molecule has 0 unspecified atom stereocenters. The molecule has 3 aliphatic heterocycles. The molecule has 0 aromatic heterocycles. The molecule has 0 aromatic rings. The molecule has 0 aromatic carbocycles. The van der Waals surface area contributed by atoms with Gasteiger partial charge in [-0.25, -0.2) is 0 Å². The highest BCUT2D eigenvalue weighted by atomic mass is 16.6. The summed E-state index contributed by atoms with van der Waals surface area (Å²) in [6, 6.07) is 0. The Balaban J connectivity index is 1.86. The highest BCUT2D eigenvalue weighted by Gasteiger charge is 2.71. The van der Waals surface area contributed by atoms with E-state index in [0.29, 0.717) is 12.5 Å². The van der Waals surface area contributed by atoms with Crippen molar-refractivity contribution in [2.75, 3.05) is 6.61 Å². The highest BCUT2D eigenvalue weighted by Crippen LogP contribution is 2.66. The first-order valence-corrected chi connectivity index (χ1v) is 7.34. The summed E-state index contributed by atoms with van der Waals surface area (Å²) in [6.45, 7) is 4.94. The van der Waals surface area contributed by atoms with E-state index >= 15 is 0 Å². The standard InChI is InChI=1S/C15H20O4/c1-14(2)4-3-5-15-8-7-18-12(16)11(8)9(6-10(14)15)19-13(15)17/h8-11H,3-7H2,1-2H3/t8-,9-,10-,11+,15-/m0/s1. The molecule has 1 spiro atoms. The normalized spacial score (nSPS) is 50.2. The largest absolute Gasteiger partial charge is 0.465 e. The molecule has 3 heterocycles. The maximum Gasteiger partial charge on any atom is 0.313 e. The molecule has 5 aliphatic rings. The van der Waals surface area contributed by atoms with E-state index in [-0.39, 0.29) is 35.3 Å². The molecule has 5 fully saturated rings. The maximum atomic E-state index is 12.6. The number of fused-ring (bicyclic) bond motifs is 1. The monoisotopic (exact) mass is 264 g/mol. The van der Waals surface area contributed by atoms with Gasteiger partial charge in [-0.05, 0) is 30.6 Å². The van der Waals surface area contributed by atoms with Gasteiger partial charge in [-0.15, -0.1) is 0 Å². The fourth-order valence-corrected chi connectivity index (χ4v) is 5.41.